The van der Waals surface area contributed by atoms with Crippen molar-refractivity contribution in [2.45, 2.75) is 0 Å². The zero-order chi connectivity index (χ0) is 70.9. The molecule has 22 rings (SSSR count). The fraction of sp³-hybridized carbons (Fsp3) is 0. The SMILES string of the molecule is c1ccc(-c2cccc(-c3ccccc3)c2N2c3cc4c(cc3B3c5ccccc5N(c5ccccc5)c5cc(-n6c(-c7ccccc7)c(-c7ccccc7)c7ccccc76)cc2c53)B2c3ccccc3N(c3ccccc3)c3cc(-n5c(-c6ccccc6)c(-c6ccccc6)c6ccccc65)cc(c32)O4)cc1. The van der Waals surface area contributed by atoms with E-state index in [1.54, 1.807) is 0 Å². The van der Waals surface area contributed by atoms with Crippen LogP contribution >= 0.6 is 0 Å². The van der Waals surface area contributed by atoms with Gasteiger partial charge in [-0.25, -0.2) is 0 Å². The summed E-state index contributed by atoms with van der Waals surface area (Å²) in [5, 5.41) is 2.34. The van der Waals surface area contributed by atoms with Crippen molar-refractivity contribution in [1.82, 2.24) is 9.13 Å². The van der Waals surface area contributed by atoms with Gasteiger partial charge in [-0.3, -0.25) is 0 Å². The first kappa shape index (κ1) is 61.4. The van der Waals surface area contributed by atoms with E-state index in [2.05, 4.69) is 418 Å². The van der Waals surface area contributed by atoms with Crippen LogP contribution in [0.25, 0.3) is 100 Å². The molecule has 4 aliphatic heterocycles. The Hall–Kier alpha value is -14.1. The lowest BCUT2D eigenvalue weighted by atomic mass is 9.30. The fourth-order valence-corrected chi connectivity index (χ4v) is 18.4. The molecule has 0 saturated carbocycles. The number of nitrogens with zero attached hydrogens (tertiary/aromatic N) is 5. The largest absolute Gasteiger partial charge is 0.458 e. The molecule has 0 amide bonds. The van der Waals surface area contributed by atoms with E-state index in [0.29, 0.717) is 0 Å². The maximum Gasteiger partial charge on any atom is 0.256 e. The molecule has 6 heterocycles. The molecule has 108 heavy (non-hydrogen) atoms. The van der Waals surface area contributed by atoms with Gasteiger partial charge in [0.25, 0.3) is 13.4 Å². The molecule has 4 aliphatic rings. The van der Waals surface area contributed by atoms with Gasteiger partial charge in [-0.15, -0.1) is 0 Å². The van der Waals surface area contributed by atoms with Gasteiger partial charge in [-0.2, -0.15) is 0 Å². The quantitative estimate of drug-likeness (QED) is 0.121. The summed E-state index contributed by atoms with van der Waals surface area (Å²) in [5.41, 5.74) is 34.5. The first-order valence-electron chi connectivity index (χ1n) is 37.3. The highest BCUT2D eigenvalue weighted by Gasteiger charge is 2.49. The monoisotopic (exact) mass is 1370 g/mol. The molecule has 0 fully saturated rings. The molecule has 0 aliphatic carbocycles. The maximum absolute atomic E-state index is 8.13. The summed E-state index contributed by atoms with van der Waals surface area (Å²) in [6.45, 7) is -0.523. The summed E-state index contributed by atoms with van der Waals surface area (Å²) in [4.78, 5) is 7.68. The maximum atomic E-state index is 8.13. The Kier molecular flexibility index (Phi) is 14.1. The molecule has 16 aromatic carbocycles. The van der Waals surface area contributed by atoms with E-state index < -0.39 is 0 Å². The van der Waals surface area contributed by atoms with Crippen LogP contribution in [0.2, 0.25) is 0 Å². The van der Waals surface area contributed by atoms with Crippen LogP contribution < -0.4 is 52.2 Å². The van der Waals surface area contributed by atoms with Crippen LogP contribution in [0.3, 0.4) is 0 Å². The number of hydrogen-bond donors (Lipinski definition) is 0. The molecule has 0 atom stereocenters. The van der Waals surface area contributed by atoms with E-state index in [1.165, 1.54) is 43.8 Å². The van der Waals surface area contributed by atoms with Gasteiger partial charge < -0.3 is 28.6 Å². The molecule has 0 bridgehead atoms. The minimum atomic E-state index is -0.268. The standard InChI is InChI=1S/C100H65B2N5O/c1-9-34-66(35-10-1)76-52-33-53-77(67-36-11-2-12-37-67)100(76)107-88-65-92-83(102-81-55-28-32-59-87(81)104(73-48-23-8-24-49-73)91-62-75(63-93(108-92)97(91)102)106-85-57-30-26-51-79(85)95(69-40-15-4-16-41-69)99(106)71-44-19-6-20-45-71)64-82(88)101-80-54-27-31-58-86(80)103(72-46-21-7-22-47-72)89-60-74(61-90(107)96(89)101)105-84-56-29-25-50-78(84)94(68-38-13-3-14-39-68)98(105)70-42-17-5-18-43-70/h1-65H. The number of para-hydroxylation sites is 7. The van der Waals surface area contributed by atoms with Crippen LogP contribution in [0.5, 0.6) is 11.5 Å². The van der Waals surface area contributed by atoms with Crippen LogP contribution in [-0.4, -0.2) is 22.6 Å². The van der Waals surface area contributed by atoms with Crippen LogP contribution in [0, 0.1) is 0 Å². The number of anilines is 9. The molecule has 6 nitrogen and oxygen atoms in total. The molecule has 2 aromatic heterocycles. The summed E-state index contributed by atoms with van der Waals surface area (Å²) in [5.74, 6) is 1.61. The molecule has 0 unspecified atom stereocenters. The second-order valence-electron chi connectivity index (χ2n) is 28.5. The molecule has 502 valence electrons. The molecule has 0 spiro atoms. The number of fused-ring (bicyclic) bond motifs is 10. The van der Waals surface area contributed by atoms with Gasteiger partial charge in [0, 0.05) is 90.7 Å². The van der Waals surface area contributed by atoms with Crippen molar-refractivity contribution in [3.05, 3.63) is 394 Å². The molecule has 8 heteroatoms. The van der Waals surface area contributed by atoms with Gasteiger partial charge in [-0.1, -0.05) is 315 Å². The third-order valence-electron chi connectivity index (χ3n) is 22.7. The Morgan fingerprint density at radius 1 is 0.222 bits per heavy atom. The third-order valence-corrected chi connectivity index (χ3v) is 22.7. The Morgan fingerprint density at radius 3 is 1.06 bits per heavy atom. The Labute approximate surface area is 628 Å². The molecular formula is C100H65B2N5O. The smallest absolute Gasteiger partial charge is 0.256 e. The number of aromatic nitrogens is 2. The van der Waals surface area contributed by atoms with Gasteiger partial charge in [-0.05, 0) is 133 Å². The predicted molar refractivity (Wildman–Crippen MR) is 453 cm³/mol. The van der Waals surface area contributed by atoms with Crippen molar-refractivity contribution >= 4 is 119 Å². The first-order valence-corrected chi connectivity index (χ1v) is 37.3. The molecular weight excluding hydrogens is 1310 g/mol. The minimum absolute atomic E-state index is 0.255. The van der Waals surface area contributed by atoms with Crippen molar-refractivity contribution in [1.29, 1.82) is 0 Å². The lowest BCUT2D eigenvalue weighted by Crippen LogP contribution is -2.64. The highest BCUT2D eigenvalue weighted by Crippen LogP contribution is 2.54. The van der Waals surface area contributed by atoms with Crippen LogP contribution in [-0.2, 0) is 0 Å². The minimum Gasteiger partial charge on any atom is -0.458 e. The molecule has 18 aromatic rings. The van der Waals surface area contributed by atoms with E-state index in [0.717, 1.165) is 152 Å². The van der Waals surface area contributed by atoms with Gasteiger partial charge >= 0.3 is 0 Å². The van der Waals surface area contributed by atoms with E-state index in [4.69, 9.17) is 4.74 Å². The van der Waals surface area contributed by atoms with Crippen LogP contribution in [0.15, 0.2) is 394 Å². The Balaban J connectivity index is 0.876. The van der Waals surface area contributed by atoms with Crippen molar-refractivity contribution in [3.8, 4) is 89.9 Å². The highest BCUT2D eigenvalue weighted by molar-refractivity contribution is 7.02. The van der Waals surface area contributed by atoms with Crippen molar-refractivity contribution in [2.24, 2.45) is 0 Å². The summed E-state index contributed by atoms with van der Waals surface area (Å²) in [6, 6.07) is 146. The van der Waals surface area contributed by atoms with E-state index in [-0.39, 0.29) is 13.4 Å². The lowest BCUT2D eigenvalue weighted by Gasteiger charge is -2.46. The number of ether oxygens (including phenoxy) is 1. The van der Waals surface area contributed by atoms with Crippen molar-refractivity contribution < 1.29 is 4.74 Å². The van der Waals surface area contributed by atoms with Gasteiger partial charge in [0.15, 0.2) is 0 Å². The van der Waals surface area contributed by atoms with Crippen molar-refractivity contribution in [3.63, 3.8) is 0 Å². The summed E-state index contributed by atoms with van der Waals surface area (Å²) in [7, 11) is 0. The average Bonchev–Trinajstić information content (AvgIpc) is 0.743. The second-order valence-corrected chi connectivity index (χ2v) is 28.5. The van der Waals surface area contributed by atoms with Crippen molar-refractivity contribution in [2.75, 3.05) is 14.7 Å². The topological polar surface area (TPSA) is 28.8 Å². The zero-order valence-electron chi connectivity index (χ0n) is 58.8. The number of hydrogen-bond acceptors (Lipinski definition) is 4. The lowest BCUT2D eigenvalue weighted by molar-refractivity contribution is 0.487. The van der Waals surface area contributed by atoms with Gasteiger partial charge in [0.05, 0.1) is 39.5 Å². The van der Waals surface area contributed by atoms with E-state index >= 15 is 0 Å². The number of rotatable bonds is 11. The Bertz CT molecular complexity index is 6530. The second kappa shape index (κ2) is 24.8. The summed E-state index contributed by atoms with van der Waals surface area (Å²) < 4.78 is 13.2. The van der Waals surface area contributed by atoms with Crippen LogP contribution in [0.4, 0.5) is 51.2 Å². The predicted octanol–water partition coefficient (Wildman–Crippen LogP) is 22.1. The molecule has 0 N–H and O–H groups in total. The highest BCUT2D eigenvalue weighted by atomic mass is 16.5. The fourth-order valence-electron chi connectivity index (χ4n) is 18.4. The third kappa shape index (κ3) is 9.43. The van der Waals surface area contributed by atoms with Gasteiger partial charge in [0.1, 0.15) is 11.5 Å². The Morgan fingerprint density at radius 2 is 0.593 bits per heavy atom. The first-order chi connectivity index (χ1) is 53.7. The summed E-state index contributed by atoms with van der Waals surface area (Å²) in [6.07, 6.45) is 0. The van der Waals surface area contributed by atoms with E-state index in [1.807, 2.05) is 0 Å². The summed E-state index contributed by atoms with van der Waals surface area (Å²) >= 11 is 0. The zero-order valence-corrected chi connectivity index (χ0v) is 58.8. The number of benzene rings is 16. The van der Waals surface area contributed by atoms with Crippen LogP contribution in [0.1, 0.15) is 0 Å². The van der Waals surface area contributed by atoms with E-state index in [9.17, 15) is 0 Å². The van der Waals surface area contributed by atoms with Gasteiger partial charge in [0.2, 0.25) is 0 Å². The average molecular weight is 1370 g/mol. The molecule has 0 radical (unpaired) electrons. The normalized spacial score (nSPS) is 12.8. The molecule has 0 saturated heterocycles.